The Morgan fingerprint density at radius 3 is 2.78 bits per heavy atom. The summed E-state index contributed by atoms with van der Waals surface area (Å²) in [6.07, 6.45) is 4.86. The fourth-order valence-electron chi connectivity index (χ4n) is 2.01. The first-order valence-corrected chi connectivity index (χ1v) is 7.28. The Balaban J connectivity index is 1.82. The number of aryl methyl sites for hydroxylation is 2. The summed E-state index contributed by atoms with van der Waals surface area (Å²) in [5.41, 5.74) is 1.34. The molecule has 0 N–H and O–H groups in total. The molecule has 0 saturated heterocycles. The van der Waals surface area contributed by atoms with Gasteiger partial charge in [0.15, 0.2) is 0 Å². The molecule has 1 aromatic heterocycles. The van der Waals surface area contributed by atoms with Crippen LogP contribution in [0.2, 0.25) is 0 Å². The van der Waals surface area contributed by atoms with Crippen molar-refractivity contribution in [2.45, 2.75) is 37.6 Å². The Bertz CT molecular complexity index is 467. The van der Waals surface area contributed by atoms with Gasteiger partial charge in [0.05, 0.1) is 0 Å². The first-order chi connectivity index (χ1) is 8.81. The van der Waals surface area contributed by atoms with Crippen molar-refractivity contribution in [1.29, 1.82) is 0 Å². The third kappa shape index (κ3) is 3.42. The Morgan fingerprint density at radius 1 is 1.28 bits per heavy atom. The van der Waals surface area contributed by atoms with Gasteiger partial charge in [-0.25, -0.2) is 4.98 Å². The highest BCUT2D eigenvalue weighted by atomic mass is 79.9. The van der Waals surface area contributed by atoms with Crippen LogP contribution in [0.4, 0.5) is 0 Å². The molecule has 0 saturated carbocycles. The molecule has 1 atom stereocenters. The first kappa shape index (κ1) is 13.3. The van der Waals surface area contributed by atoms with E-state index in [1.165, 1.54) is 5.56 Å². The highest BCUT2D eigenvalue weighted by Gasteiger charge is 2.08. The van der Waals surface area contributed by atoms with Crippen LogP contribution < -0.4 is 0 Å². The lowest BCUT2D eigenvalue weighted by molar-refractivity contribution is 0.593. The second kappa shape index (κ2) is 6.69. The maximum atomic E-state index is 4.29. The predicted molar refractivity (Wildman–Crippen MR) is 76.7 cm³/mol. The normalized spacial score (nSPS) is 12.6. The second-order valence-corrected chi connectivity index (χ2v) is 5.37. The zero-order chi connectivity index (χ0) is 12.8. The van der Waals surface area contributed by atoms with E-state index in [9.17, 15) is 0 Å². The summed E-state index contributed by atoms with van der Waals surface area (Å²) >= 11 is 3.74. The fourth-order valence-corrected chi connectivity index (χ4v) is 2.64. The van der Waals surface area contributed by atoms with E-state index in [4.69, 9.17) is 0 Å². The van der Waals surface area contributed by atoms with Crippen LogP contribution in [0.15, 0.2) is 36.7 Å². The van der Waals surface area contributed by atoms with Crippen molar-refractivity contribution in [2.24, 2.45) is 0 Å². The quantitative estimate of drug-likeness (QED) is 0.761. The highest BCUT2D eigenvalue weighted by molar-refractivity contribution is 9.09. The molecule has 0 bridgehead atoms. The molecule has 0 aliphatic heterocycles. The van der Waals surface area contributed by atoms with Crippen LogP contribution in [-0.2, 0) is 13.0 Å². The molecule has 0 aliphatic carbocycles. The van der Waals surface area contributed by atoms with Crippen LogP contribution in [0.25, 0.3) is 0 Å². The highest BCUT2D eigenvalue weighted by Crippen LogP contribution is 2.27. The van der Waals surface area contributed by atoms with E-state index in [0.717, 1.165) is 31.6 Å². The van der Waals surface area contributed by atoms with E-state index in [1.54, 1.807) is 6.33 Å². The van der Waals surface area contributed by atoms with E-state index in [0.29, 0.717) is 4.83 Å². The van der Waals surface area contributed by atoms with Crippen molar-refractivity contribution in [3.8, 4) is 0 Å². The summed E-state index contributed by atoms with van der Waals surface area (Å²) < 4.78 is 1.96. The standard InChI is InChI=1S/C14H18BrN3/c1-2-18-14(16-11-17-18)10-6-9-13(15)12-7-4-3-5-8-12/h3-5,7-8,11,13H,2,6,9-10H2,1H3. The Labute approximate surface area is 116 Å². The lowest BCUT2D eigenvalue weighted by Gasteiger charge is -2.09. The molecule has 2 aromatic rings. The molecule has 4 heteroatoms. The number of halogens is 1. The molecule has 1 aromatic carbocycles. The largest absolute Gasteiger partial charge is 0.250 e. The Hall–Kier alpha value is -1.16. The van der Waals surface area contributed by atoms with Gasteiger partial charge in [0.1, 0.15) is 12.2 Å². The number of alkyl halides is 1. The third-order valence-electron chi connectivity index (χ3n) is 3.01. The third-order valence-corrected chi connectivity index (χ3v) is 4.00. The maximum absolute atomic E-state index is 4.29. The van der Waals surface area contributed by atoms with Gasteiger partial charge in [-0.2, -0.15) is 5.10 Å². The second-order valence-electron chi connectivity index (χ2n) is 4.26. The maximum Gasteiger partial charge on any atom is 0.138 e. The number of nitrogens with zero attached hydrogens (tertiary/aromatic N) is 3. The zero-order valence-corrected chi connectivity index (χ0v) is 12.2. The fraction of sp³-hybridized carbons (Fsp3) is 0.429. The van der Waals surface area contributed by atoms with Crippen molar-refractivity contribution < 1.29 is 0 Å². The van der Waals surface area contributed by atoms with Crippen molar-refractivity contribution in [1.82, 2.24) is 14.8 Å². The summed E-state index contributed by atoms with van der Waals surface area (Å²) in [5, 5.41) is 4.18. The predicted octanol–water partition coefficient (Wildman–Crippen LogP) is 3.76. The molecule has 0 fully saturated rings. The van der Waals surface area contributed by atoms with Crippen molar-refractivity contribution in [2.75, 3.05) is 0 Å². The monoisotopic (exact) mass is 307 g/mol. The first-order valence-electron chi connectivity index (χ1n) is 6.37. The van der Waals surface area contributed by atoms with Crippen LogP contribution in [0, 0.1) is 0 Å². The topological polar surface area (TPSA) is 30.7 Å². The van der Waals surface area contributed by atoms with Gasteiger partial charge >= 0.3 is 0 Å². The molecule has 18 heavy (non-hydrogen) atoms. The summed E-state index contributed by atoms with van der Waals surface area (Å²) in [4.78, 5) is 4.72. The van der Waals surface area contributed by atoms with Gasteiger partial charge in [-0.3, -0.25) is 4.68 Å². The van der Waals surface area contributed by atoms with Crippen LogP contribution in [0.3, 0.4) is 0 Å². The minimum Gasteiger partial charge on any atom is -0.250 e. The van der Waals surface area contributed by atoms with Crippen LogP contribution in [-0.4, -0.2) is 14.8 Å². The van der Waals surface area contributed by atoms with Gasteiger partial charge in [0, 0.05) is 17.8 Å². The molecule has 0 radical (unpaired) electrons. The summed E-state index contributed by atoms with van der Waals surface area (Å²) in [6.45, 7) is 2.99. The molecular weight excluding hydrogens is 290 g/mol. The SMILES string of the molecule is CCn1ncnc1CCCC(Br)c1ccccc1. The molecule has 0 amide bonds. The summed E-state index contributed by atoms with van der Waals surface area (Å²) in [6, 6.07) is 10.5. The Morgan fingerprint density at radius 2 is 2.06 bits per heavy atom. The summed E-state index contributed by atoms with van der Waals surface area (Å²) in [7, 11) is 0. The molecule has 0 aliphatic rings. The van der Waals surface area contributed by atoms with Crippen molar-refractivity contribution >= 4 is 15.9 Å². The van der Waals surface area contributed by atoms with Crippen LogP contribution in [0.5, 0.6) is 0 Å². The molecule has 1 unspecified atom stereocenters. The van der Waals surface area contributed by atoms with E-state index < -0.39 is 0 Å². The van der Waals surface area contributed by atoms with Crippen molar-refractivity contribution in [3.63, 3.8) is 0 Å². The van der Waals surface area contributed by atoms with E-state index >= 15 is 0 Å². The minimum absolute atomic E-state index is 0.427. The van der Waals surface area contributed by atoms with E-state index in [1.807, 2.05) is 10.7 Å². The molecule has 2 rings (SSSR count). The van der Waals surface area contributed by atoms with Crippen molar-refractivity contribution in [3.05, 3.63) is 48.0 Å². The zero-order valence-electron chi connectivity index (χ0n) is 10.6. The molecule has 0 spiro atoms. The lowest BCUT2D eigenvalue weighted by atomic mass is 10.1. The Kier molecular flexibility index (Phi) is 4.93. The van der Waals surface area contributed by atoms with Gasteiger partial charge in [-0.15, -0.1) is 0 Å². The molecule has 96 valence electrons. The van der Waals surface area contributed by atoms with E-state index in [-0.39, 0.29) is 0 Å². The molecule has 1 heterocycles. The molecule has 3 nitrogen and oxygen atoms in total. The molecular formula is C14H18BrN3. The number of rotatable bonds is 6. The smallest absolute Gasteiger partial charge is 0.138 e. The lowest BCUT2D eigenvalue weighted by Crippen LogP contribution is -2.04. The van der Waals surface area contributed by atoms with Gasteiger partial charge in [0.2, 0.25) is 0 Å². The number of hydrogen-bond donors (Lipinski definition) is 0. The number of benzene rings is 1. The number of hydrogen-bond acceptors (Lipinski definition) is 2. The van der Waals surface area contributed by atoms with Gasteiger partial charge < -0.3 is 0 Å². The average Bonchev–Trinajstić information content (AvgIpc) is 2.87. The average molecular weight is 308 g/mol. The minimum atomic E-state index is 0.427. The van der Waals surface area contributed by atoms with Gasteiger partial charge in [-0.1, -0.05) is 46.3 Å². The van der Waals surface area contributed by atoms with Crippen LogP contribution >= 0.6 is 15.9 Å². The van der Waals surface area contributed by atoms with E-state index in [2.05, 4.69) is 57.2 Å². The van der Waals surface area contributed by atoms with Gasteiger partial charge in [0.25, 0.3) is 0 Å². The summed E-state index contributed by atoms with van der Waals surface area (Å²) in [5.74, 6) is 1.09. The van der Waals surface area contributed by atoms with Gasteiger partial charge in [-0.05, 0) is 25.3 Å². The number of aromatic nitrogens is 3. The van der Waals surface area contributed by atoms with Crippen LogP contribution in [0.1, 0.15) is 36.0 Å².